The third-order valence-electron chi connectivity index (χ3n) is 4.75. The van der Waals surface area contributed by atoms with Crippen LogP contribution in [0.3, 0.4) is 0 Å². The molecular weight excluding hydrogens is 402 g/mol. The molecule has 1 fully saturated rings. The number of carbonyl (C=O) groups is 1. The standard InChI is InChI=1S/C20H22F2N2O4S/c1-28-15-10-8-14(9-11-15)19(13-6-7-13)23-12-18(25)24-16-4-2-3-5-17(16)29(26,27)20(21)22/h2-5,8-11,13,19-20,23H,6-7,12H2,1H3,(H,24,25). The Morgan fingerprint density at radius 2 is 1.79 bits per heavy atom. The van der Waals surface area contributed by atoms with E-state index in [1.54, 1.807) is 7.11 Å². The van der Waals surface area contributed by atoms with Gasteiger partial charge in [-0.3, -0.25) is 4.79 Å². The van der Waals surface area contributed by atoms with Gasteiger partial charge in [-0.15, -0.1) is 0 Å². The monoisotopic (exact) mass is 424 g/mol. The first kappa shape index (κ1) is 21.2. The Hall–Kier alpha value is -2.52. The third kappa shape index (κ3) is 5.10. The van der Waals surface area contributed by atoms with Crippen LogP contribution in [0.1, 0.15) is 24.4 Å². The quantitative estimate of drug-likeness (QED) is 0.645. The van der Waals surface area contributed by atoms with Gasteiger partial charge in [-0.1, -0.05) is 24.3 Å². The molecule has 0 spiro atoms. The molecule has 0 aromatic heterocycles. The molecule has 0 aliphatic heterocycles. The van der Waals surface area contributed by atoms with Gasteiger partial charge >= 0.3 is 5.76 Å². The van der Waals surface area contributed by atoms with Crippen molar-refractivity contribution in [3.05, 3.63) is 54.1 Å². The van der Waals surface area contributed by atoms with Crippen LogP contribution in [-0.2, 0) is 14.6 Å². The van der Waals surface area contributed by atoms with Crippen LogP contribution in [0.15, 0.2) is 53.4 Å². The Balaban J connectivity index is 1.68. The first-order valence-corrected chi connectivity index (χ1v) is 10.7. The average molecular weight is 424 g/mol. The van der Waals surface area contributed by atoms with Crippen molar-refractivity contribution >= 4 is 21.4 Å². The molecule has 0 saturated heterocycles. The highest BCUT2D eigenvalue weighted by atomic mass is 32.2. The molecule has 156 valence electrons. The maximum atomic E-state index is 12.9. The minimum Gasteiger partial charge on any atom is -0.497 e. The fraction of sp³-hybridized carbons (Fsp3) is 0.350. The molecule has 2 aromatic carbocycles. The zero-order chi connectivity index (χ0) is 21.0. The number of rotatable bonds is 9. The number of hydrogen-bond acceptors (Lipinski definition) is 5. The number of methoxy groups -OCH3 is 1. The molecule has 1 aliphatic carbocycles. The van der Waals surface area contributed by atoms with Gasteiger partial charge in [0, 0.05) is 6.04 Å². The minimum absolute atomic E-state index is 0.0355. The number of alkyl halides is 2. The highest BCUT2D eigenvalue weighted by Gasteiger charge is 2.33. The molecule has 0 radical (unpaired) electrons. The van der Waals surface area contributed by atoms with Crippen LogP contribution in [0.25, 0.3) is 0 Å². The van der Waals surface area contributed by atoms with Gasteiger partial charge in [0.05, 0.1) is 24.2 Å². The van der Waals surface area contributed by atoms with Crippen molar-refractivity contribution in [2.75, 3.05) is 19.0 Å². The first-order chi connectivity index (χ1) is 13.8. The molecule has 1 amide bonds. The molecule has 0 heterocycles. The molecule has 3 rings (SSSR count). The zero-order valence-corrected chi connectivity index (χ0v) is 16.6. The normalized spacial score (nSPS) is 15.2. The van der Waals surface area contributed by atoms with E-state index in [-0.39, 0.29) is 18.3 Å². The molecule has 1 unspecified atom stereocenters. The van der Waals surface area contributed by atoms with E-state index in [9.17, 15) is 22.0 Å². The highest BCUT2D eigenvalue weighted by molar-refractivity contribution is 7.91. The van der Waals surface area contributed by atoms with Gasteiger partial charge < -0.3 is 15.4 Å². The van der Waals surface area contributed by atoms with Crippen LogP contribution < -0.4 is 15.4 Å². The van der Waals surface area contributed by atoms with E-state index < -0.39 is 26.4 Å². The molecule has 1 atom stereocenters. The second-order valence-electron chi connectivity index (χ2n) is 6.82. The van der Waals surface area contributed by atoms with Crippen molar-refractivity contribution in [1.82, 2.24) is 5.32 Å². The summed E-state index contributed by atoms with van der Waals surface area (Å²) in [6.45, 7) is -0.0870. The molecule has 0 bridgehead atoms. The minimum atomic E-state index is -4.82. The van der Waals surface area contributed by atoms with Crippen LogP contribution in [-0.4, -0.2) is 33.7 Å². The predicted octanol–water partition coefficient (Wildman–Crippen LogP) is 3.37. The maximum Gasteiger partial charge on any atom is 0.341 e. The van der Waals surface area contributed by atoms with Crippen LogP contribution >= 0.6 is 0 Å². The summed E-state index contributed by atoms with van der Waals surface area (Å²) < 4.78 is 54.5. The predicted molar refractivity (Wildman–Crippen MR) is 105 cm³/mol. The van der Waals surface area contributed by atoms with Crippen LogP contribution in [0.4, 0.5) is 14.5 Å². The number of carbonyl (C=O) groups excluding carboxylic acids is 1. The number of nitrogens with one attached hydrogen (secondary N) is 2. The zero-order valence-electron chi connectivity index (χ0n) is 15.8. The molecule has 29 heavy (non-hydrogen) atoms. The molecule has 1 saturated carbocycles. The van der Waals surface area contributed by atoms with Gasteiger partial charge in [-0.05, 0) is 48.6 Å². The number of sulfone groups is 1. The molecule has 2 aromatic rings. The first-order valence-electron chi connectivity index (χ1n) is 9.11. The van der Waals surface area contributed by atoms with Crippen molar-refractivity contribution in [2.45, 2.75) is 29.5 Å². The molecule has 9 heteroatoms. The lowest BCUT2D eigenvalue weighted by molar-refractivity contribution is -0.115. The molecule has 2 N–H and O–H groups in total. The summed E-state index contributed by atoms with van der Waals surface area (Å²) in [6, 6.07) is 12.6. The van der Waals surface area contributed by atoms with Gasteiger partial charge in [0.15, 0.2) is 0 Å². The number of halogens is 2. The second kappa shape index (κ2) is 8.87. The Morgan fingerprint density at radius 1 is 1.14 bits per heavy atom. The van der Waals surface area contributed by atoms with Crippen molar-refractivity contribution in [1.29, 1.82) is 0 Å². The van der Waals surface area contributed by atoms with E-state index in [4.69, 9.17) is 4.74 Å². The lowest BCUT2D eigenvalue weighted by Gasteiger charge is -2.19. The van der Waals surface area contributed by atoms with Gasteiger partial charge in [0.2, 0.25) is 15.7 Å². The Kier molecular flexibility index (Phi) is 6.49. The largest absolute Gasteiger partial charge is 0.497 e. The van der Waals surface area contributed by atoms with Crippen molar-refractivity contribution in [3.8, 4) is 5.75 Å². The second-order valence-corrected chi connectivity index (χ2v) is 8.71. The number of anilines is 1. The Bertz CT molecular complexity index is 961. The summed E-state index contributed by atoms with van der Waals surface area (Å²) in [4.78, 5) is 11.8. The van der Waals surface area contributed by atoms with Crippen LogP contribution in [0.5, 0.6) is 5.75 Å². The van der Waals surface area contributed by atoms with E-state index in [0.29, 0.717) is 5.92 Å². The lowest BCUT2D eigenvalue weighted by atomic mass is 10.0. The van der Waals surface area contributed by atoms with Gasteiger partial charge in [-0.2, -0.15) is 8.78 Å². The SMILES string of the molecule is COc1ccc(C(NCC(=O)Nc2ccccc2S(=O)(=O)C(F)F)C2CC2)cc1. The topological polar surface area (TPSA) is 84.5 Å². The smallest absolute Gasteiger partial charge is 0.341 e. The highest BCUT2D eigenvalue weighted by Crippen LogP contribution is 2.41. The number of benzene rings is 2. The summed E-state index contributed by atoms with van der Waals surface area (Å²) in [5.41, 5.74) is 0.855. The molecule has 6 nitrogen and oxygen atoms in total. The molecule has 1 aliphatic rings. The average Bonchev–Trinajstić information content (AvgIpc) is 3.54. The van der Waals surface area contributed by atoms with Gasteiger partial charge in [0.1, 0.15) is 5.75 Å². The van der Waals surface area contributed by atoms with E-state index in [1.807, 2.05) is 24.3 Å². The number of para-hydroxylation sites is 1. The maximum absolute atomic E-state index is 12.9. The van der Waals surface area contributed by atoms with Gasteiger partial charge in [-0.25, -0.2) is 8.42 Å². The molecular formula is C20H22F2N2O4S. The summed E-state index contributed by atoms with van der Waals surface area (Å²) in [5.74, 6) is -2.94. The summed E-state index contributed by atoms with van der Waals surface area (Å²) in [7, 11) is -3.23. The summed E-state index contributed by atoms with van der Waals surface area (Å²) >= 11 is 0. The number of hydrogen-bond donors (Lipinski definition) is 2. The van der Waals surface area contributed by atoms with Crippen molar-refractivity contribution < 1.29 is 26.7 Å². The van der Waals surface area contributed by atoms with Crippen molar-refractivity contribution in [2.24, 2.45) is 5.92 Å². The van der Waals surface area contributed by atoms with E-state index in [0.717, 1.165) is 30.2 Å². The Morgan fingerprint density at radius 3 is 2.38 bits per heavy atom. The number of amides is 1. The van der Waals surface area contributed by atoms with Crippen LogP contribution in [0.2, 0.25) is 0 Å². The lowest BCUT2D eigenvalue weighted by Crippen LogP contribution is -2.32. The third-order valence-corrected chi connectivity index (χ3v) is 6.19. The fourth-order valence-corrected chi connectivity index (χ4v) is 3.99. The fourth-order valence-electron chi connectivity index (χ4n) is 3.11. The summed E-state index contributed by atoms with van der Waals surface area (Å²) in [5, 5.41) is 5.61. The Labute approximate surface area is 168 Å². The van der Waals surface area contributed by atoms with E-state index in [1.165, 1.54) is 18.2 Å². The van der Waals surface area contributed by atoms with Gasteiger partial charge in [0.25, 0.3) is 0 Å². The number of ether oxygens (including phenoxy) is 1. The van der Waals surface area contributed by atoms with E-state index >= 15 is 0 Å². The van der Waals surface area contributed by atoms with E-state index in [2.05, 4.69) is 10.6 Å². The van der Waals surface area contributed by atoms with Crippen LogP contribution in [0, 0.1) is 5.92 Å². The van der Waals surface area contributed by atoms with Crippen molar-refractivity contribution in [3.63, 3.8) is 0 Å². The summed E-state index contributed by atoms with van der Waals surface area (Å²) in [6.07, 6.45) is 2.08.